The van der Waals surface area contributed by atoms with E-state index < -0.39 is 0 Å². The molecule has 0 aliphatic heterocycles. The summed E-state index contributed by atoms with van der Waals surface area (Å²) in [4.78, 5) is 25.0. The SMILES string of the molecule is COCCOc1cccc(NCC(=O)Nc2ccc(N(C)C(C)=O)cc2)c1. The fourth-order valence-corrected chi connectivity index (χ4v) is 2.28. The Labute approximate surface area is 159 Å². The molecule has 0 aromatic heterocycles. The Bertz CT molecular complexity index is 762. The molecule has 0 unspecified atom stereocenters. The van der Waals surface area contributed by atoms with Gasteiger partial charge in [0.05, 0.1) is 13.2 Å². The van der Waals surface area contributed by atoms with Crippen LogP contribution in [-0.4, -0.2) is 45.7 Å². The van der Waals surface area contributed by atoms with Crippen molar-refractivity contribution >= 4 is 28.9 Å². The molecule has 0 saturated heterocycles. The molecule has 0 radical (unpaired) electrons. The van der Waals surface area contributed by atoms with Crippen molar-refractivity contribution in [3.05, 3.63) is 48.5 Å². The molecule has 2 rings (SSSR count). The molecule has 27 heavy (non-hydrogen) atoms. The summed E-state index contributed by atoms with van der Waals surface area (Å²) in [5.74, 6) is 0.487. The van der Waals surface area contributed by atoms with Gasteiger partial charge in [-0.2, -0.15) is 0 Å². The molecule has 144 valence electrons. The number of carbonyl (C=O) groups excluding carboxylic acids is 2. The number of rotatable bonds is 9. The summed E-state index contributed by atoms with van der Waals surface area (Å²) in [6.07, 6.45) is 0. The Kier molecular flexibility index (Phi) is 7.63. The van der Waals surface area contributed by atoms with E-state index in [1.807, 2.05) is 24.3 Å². The Hall–Kier alpha value is -3.06. The number of amides is 2. The van der Waals surface area contributed by atoms with Gasteiger partial charge in [0.25, 0.3) is 0 Å². The number of methoxy groups -OCH3 is 1. The van der Waals surface area contributed by atoms with Gasteiger partial charge in [0, 0.05) is 44.2 Å². The zero-order valence-electron chi connectivity index (χ0n) is 15.8. The van der Waals surface area contributed by atoms with Crippen LogP contribution in [0.5, 0.6) is 5.75 Å². The van der Waals surface area contributed by atoms with E-state index in [4.69, 9.17) is 9.47 Å². The summed E-state index contributed by atoms with van der Waals surface area (Å²) in [7, 11) is 3.32. The van der Waals surface area contributed by atoms with Crippen LogP contribution in [0.3, 0.4) is 0 Å². The number of hydrogen-bond acceptors (Lipinski definition) is 5. The summed E-state index contributed by atoms with van der Waals surface area (Å²) >= 11 is 0. The Morgan fingerprint density at radius 2 is 1.78 bits per heavy atom. The lowest BCUT2D eigenvalue weighted by atomic mass is 10.2. The number of hydrogen-bond donors (Lipinski definition) is 2. The summed E-state index contributed by atoms with van der Waals surface area (Å²) in [6.45, 7) is 2.60. The zero-order chi connectivity index (χ0) is 19.6. The summed E-state index contributed by atoms with van der Waals surface area (Å²) in [5, 5.41) is 5.88. The standard InChI is InChI=1S/C20H25N3O4/c1-15(24)23(2)18-9-7-16(8-10-18)22-20(25)14-21-17-5-4-6-19(13-17)27-12-11-26-3/h4-10,13,21H,11-12,14H2,1-3H3,(H,22,25). The van der Waals surface area contributed by atoms with Crippen LogP contribution < -0.4 is 20.3 Å². The molecule has 0 fully saturated rings. The van der Waals surface area contributed by atoms with Gasteiger partial charge >= 0.3 is 0 Å². The minimum Gasteiger partial charge on any atom is -0.491 e. The van der Waals surface area contributed by atoms with Gasteiger partial charge in [-0.15, -0.1) is 0 Å². The van der Waals surface area contributed by atoms with Crippen LogP contribution in [0.25, 0.3) is 0 Å². The van der Waals surface area contributed by atoms with Crippen molar-refractivity contribution in [3.63, 3.8) is 0 Å². The lowest BCUT2D eigenvalue weighted by molar-refractivity contribution is -0.116. The minimum atomic E-state index is -0.173. The second-order valence-corrected chi connectivity index (χ2v) is 5.90. The Morgan fingerprint density at radius 1 is 1.04 bits per heavy atom. The molecule has 0 atom stereocenters. The third kappa shape index (κ3) is 6.63. The molecule has 0 heterocycles. The van der Waals surface area contributed by atoms with Gasteiger partial charge in [0.15, 0.2) is 0 Å². The number of carbonyl (C=O) groups is 2. The fraction of sp³-hybridized carbons (Fsp3) is 0.300. The van der Waals surface area contributed by atoms with E-state index >= 15 is 0 Å². The molecule has 0 aliphatic carbocycles. The number of nitrogens with one attached hydrogen (secondary N) is 2. The van der Waals surface area contributed by atoms with Crippen LogP contribution in [0.2, 0.25) is 0 Å². The third-order valence-corrected chi connectivity index (χ3v) is 3.85. The molecule has 2 aromatic rings. The predicted molar refractivity (Wildman–Crippen MR) is 106 cm³/mol. The first-order valence-electron chi connectivity index (χ1n) is 8.59. The monoisotopic (exact) mass is 371 g/mol. The van der Waals surface area contributed by atoms with Crippen LogP contribution in [0, 0.1) is 0 Å². The first-order valence-corrected chi connectivity index (χ1v) is 8.59. The first kappa shape index (κ1) is 20.3. The maximum atomic E-state index is 12.1. The van der Waals surface area contributed by atoms with Gasteiger partial charge in [-0.05, 0) is 36.4 Å². The highest BCUT2D eigenvalue weighted by Gasteiger charge is 2.07. The second kappa shape index (κ2) is 10.2. The summed E-state index contributed by atoms with van der Waals surface area (Å²) in [5.41, 5.74) is 2.22. The minimum absolute atomic E-state index is 0.0515. The molecule has 2 N–H and O–H groups in total. The molecule has 0 aliphatic rings. The molecule has 2 aromatic carbocycles. The first-order chi connectivity index (χ1) is 13.0. The number of benzene rings is 2. The molecule has 0 saturated carbocycles. The highest BCUT2D eigenvalue weighted by Crippen LogP contribution is 2.18. The highest BCUT2D eigenvalue weighted by atomic mass is 16.5. The van der Waals surface area contributed by atoms with Crippen molar-refractivity contribution in [2.45, 2.75) is 6.92 Å². The van der Waals surface area contributed by atoms with Crippen LogP contribution in [0.4, 0.5) is 17.1 Å². The highest BCUT2D eigenvalue weighted by molar-refractivity contribution is 5.94. The second-order valence-electron chi connectivity index (χ2n) is 5.90. The van der Waals surface area contributed by atoms with Crippen molar-refractivity contribution < 1.29 is 19.1 Å². The van der Waals surface area contributed by atoms with Gasteiger partial charge in [-0.1, -0.05) is 6.07 Å². The predicted octanol–water partition coefficient (Wildman–Crippen LogP) is 2.75. The maximum Gasteiger partial charge on any atom is 0.243 e. The van der Waals surface area contributed by atoms with E-state index in [-0.39, 0.29) is 18.4 Å². The number of nitrogens with zero attached hydrogens (tertiary/aromatic N) is 1. The third-order valence-electron chi connectivity index (χ3n) is 3.85. The molecule has 2 amide bonds. The quantitative estimate of drug-likeness (QED) is 0.663. The van der Waals surface area contributed by atoms with Crippen molar-refractivity contribution in [1.82, 2.24) is 0 Å². The number of ether oxygens (including phenoxy) is 2. The van der Waals surface area contributed by atoms with E-state index in [0.717, 1.165) is 11.4 Å². The van der Waals surface area contributed by atoms with Crippen LogP contribution in [-0.2, 0) is 14.3 Å². The normalized spacial score (nSPS) is 10.2. The van der Waals surface area contributed by atoms with Gasteiger partial charge < -0.3 is 25.0 Å². The average molecular weight is 371 g/mol. The van der Waals surface area contributed by atoms with E-state index in [2.05, 4.69) is 10.6 Å². The lowest BCUT2D eigenvalue weighted by Crippen LogP contribution is -2.23. The molecular formula is C20H25N3O4. The Balaban J connectivity index is 1.84. The van der Waals surface area contributed by atoms with Gasteiger partial charge in [0.2, 0.25) is 11.8 Å². The smallest absolute Gasteiger partial charge is 0.243 e. The fourth-order valence-electron chi connectivity index (χ4n) is 2.28. The average Bonchev–Trinajstić information content (AvgIpc) is 2.67. The van der Waals surface area contributed by atoms with Crippen molar-refractivity contribution in [3.8, 4) is 5.75 Å². The van der Waals surface area contributed by atoms with E-state index in [1.165, 1.54) is 11.8 Å². The van der Waals surface area contributed by atoms with E-state index in [1.54, 1.807) is 38.4 Å². The zero-order valence-corrected chi connectivity index (χ0v) is 15.8. The van der Waals surface area contributed by atoms with Crippen LogP contribution >= 0.6 is 0 Å². The maximum absolute atomic E-state index is 12.1. The Morgan fingerprint density at radius 3 is 2.44 bits per heavy atom. The number of anilines is 3. The van der Waals surface area contributed by atoms with Gasteiger partial charge in [-0.25, -0.2) is 0 Å². The van der Waals surface area contributed by atoms with Crippen molar-refractivity contribution in [1.29, 1.82) is 0 Å². The van der Waals surface area contributed by atoms with Crippen LogP contribution in [0.15, 0.2) is 48.5 Å². The van der Waals surface area contributed by atoms with Crippen LogP contribution in [0.1, 0.15) is 6.92 Å². The van der Waals surface area contributed by atoms with Gasteiger partial charge in [0.1, 0.15) is 12.4 Å². The lowest BCUT2D eigenvalue weighted by Gasteiger charge is -2.15. The van der Waals surface area contributed by atoms with E-state index in [0.29, 0.717) is 24.7 Å². The van der Waals surface area contributed by atoms with Gasteiger partial charge in [-0.3, -0.25) is 9.59 Å². The van der Waals surface area contributed by atoms with E-state index in [9.17, 15) is 9.59 Å². The van der Waals surface area contributed by atoms with Crippen molar-refractivity contribution in [2.24, 2.45) is 0 Å². The molecular weight excluding hydrogens is 346 g/mol. The topological polar surface area (TPSA) is 79.9 Å². The molecule has 7 nitrogen and oxygen atoms in total. The largest absolute Gasteiger partial charge is 0.491 e. The summed E-state index contributed by atoms with van der Waals surface area (Å²) < 4.78 is 10.5. The summed E-state index contributed by atoms with van der Waals surface area (Å²) in [6, 6.07) is 14.5. The van der Waals surface area contributed by atoms with Crippen molar-refractivity contribution in [2.75, 3.05) is 49.4 Å². The molecule has 0 spiro atoms. The molecule has 0 bridgehead atoms. The molecule has 7 heteroatoms.